The van der Waals surface area contributed by atoms with Gasteiger partial charge in [0.2, 0.25) is 0 Å². The molecule has 1 aromatic carbocycles. The van der Waals surface area contributed by atoms with E-state index < -0.39 is 0 Å². The van der Waals surface area contributed by atoms with Gasteiger partial charge in [0.25, 0.3) is 0 Å². The molecule has 2 aromatic rings. The van der Waals surface area contributed by atoms with Crippen LogP contribution in [0.1, 0.15) is 37.3 Å². The van der Waals surface area contributed by atoms with E-state index in [1.165, 1.54) is 12.1 Å². The van der Waals surface area contributed by atoms with Gasteiger partial charge < -0.3 is 9.73 Å². The highest BCUT2D eigenvalue weighted by atomic mass is 19.1. The monoisotopic (exact) mass is 233 g/mol. The van der Waals surface area contributed by atoms with Crippen LogP contribution in [0.5, 0.6) is 0 Å². The van der Waals surface area contributed by atoms with E-state index in [1.54, 1.807) is 18.4 Å². The summed E-state index contributed by atoms with van der Waals surface area (Å²) < 4.78 is 18.1. The van der Waals surface area contributed by atoms with Crippen molar-refractivity contribution < 1.29 is 8.81 Å². The lowest BCUT2D eigenvalue weighted by atomic mass is 10.1. The second-order valence-corrected chi connectivity index (χ2v) is 4.18. The van der Waals surface area contributed by atoms with Crippen molar-refractivity contribution in [1.29, 1.82) is 0 Å². The maximum atomic E-state index is 12.8. The Morgan fingerprint density at radius 2 is 1.76 bits per heavy atom. The van der Waals surface area contributed by atoms with E-state index in [0.717, 1.165) is 11.3 Å². The van der Waals surface area contributed by atoms with Gasteiger partial charge in [-0.05, 0) is 43.7 Å². The summed E-state index contributed by atoms with van der Waals surface area (Å²) in [6.45, 7) is 4.09. The van der Waals surface area contributed by atoms with Crippen molar-refractivity contribution in [3.8, 4) is 0 Å². The largest absolute Gasteiger partial charge is 0.468 e. The summed E-state index contributed by atoms with van der Waals surface area (Å²) in [6.07, 6.45) is 1.66. The van der Waals surface area contributed by atoms with Gasteiger partial charge in [-0.1, -0.05) is 12.1 Å². The van der Waals surface area contributed by atoms with E-state index in [1.807, 2.05) is 26.0 Å². The van der Waals surface area contributed by atoms with Gasteiger partial charge in [-0.3, -0.25) is 0 Å². The molecule has 1 aromatic heterocycles. The van der Waals surface area contributed by atoms with Crippen molar-refractivity contribution in [1.82, 2.24) is 5.32 Å². The summed E-state index contributed by atoms with van der Waals surface area (Å²) in [5.74, 6) is 0.694. The zero-order chi connectivity index (χ0) is 12.3. The zero-order valence-electron chi connectivity index (χ0n) is 9.98. The molecule has 0 aliphatic heterocycles. The number of furan rings is 1. The van der Waals surface area contributed by atoms with Crippen molar-refractivity contribution in [2.24, 2.45) is 0 Å². The fourth-order valence-electron chi connectivity index (χ4n) is 1.84. The predicted molar refractivity (Wildman–Crippen MR) is 65.1 cm³/mol. The minimum absolute atomic E-state index is 0.130. The summed E-state index contributed by atoms with van der Waals surface area (Å²) in [6, 6.07) is 10.6. The van der Waals surface area contributed by atoms with Gasteiger partial charge in [-0.2, -0.15) is 0 Å². The highest BCUT2D eigenvalue weighted by molar-refractivity contribution is 5.19. The molecule has 2 nitrogen and oxygen atoms in total. The third kappa shape index (κ3) is 2.94. The molecule has 0 saturated heterocycles. The lowest BCUT2D eigenvalue weighted by Gasteiger charge is -2.18. The molecular formula is C14H16FNO. The Kier molecular flexibility index (Phi) is 3.59. The van der Waals surface area contributed by atoms with Gasteiger partial charge in [0.1, 0.15) is 11.6 Å². The normalized spacial score (nSPS) is 14.5. The number of hydrogen-bond acceptors (Lipinski definition) is 2. The van der Waals surface area contributed by atoms with Gasteiger partial charge >= 0.3 is 0 Å². The highest BCUT2D eigenvalue weighted by Gasteiger charge is 2.12. The Balaban J connectivity index is 2.01. The van der Waals surface area contributed by atoms with E-state index in [4.69, 9.17) is 4.42 Å². The van der Waals surface area contributed by atoms with Crippen molar-refractivity contribution in [3.05, 3.63) is 59.8 Å². The molecule has 0 amide bonds. The van der Waals surface area contributed by atoms with Crippen LogP contribution in [0.4, 0.5) is 4.39 Å². The quantitative estimate of drug-likeness (QED) is 0.868. The van der Waals surface area contributed by atoms with E-state index >= 15 is 0 Å². The van der Waals surface area contributed by atoms with Crippen molar-refractivity contribution >= 4 is 0 Å². The zero-order valence-corrected chi connectivity index (χ0v) is 9.98. The first-order valence-electron chi connectivity index (χ1n) is 5.71. The SMILES string of the molecule is CC(N[C@@H](C)c1ccc(F)cc1)c1ccco1. The summed E-state index contributed by atoms with van der Waals surface area (Å²) in [7, 11) is 0. The molecule has 0 aliphatic carbocycles. The standard InChI is InChI=1S/C14H16FNO/c1-10(12-5-7-13(15)8-6-12)16-11(2)14-4-3-9-17-14/h3-11,16H,1-2H3/t10-,11?/m0/s1. The summed E-state index contributed by atoms with van der Waals surface area (Å²) in [5.41, 5.74) is 1.06. The number of halogens is 1. The molecule has 1 unspecified atom stereocenters. The lowest BCUT2D eigenvalue weighted by molar-refractivity contribution is 0.403. The first-order valence-corrected chi connectivity index (χ1v) is 5.71. The smallest absolute Gasteiger partial charge is 0.123 e. The lowest BCUT2D eigenvalue weighted by Crippen LogP contribution is -2.22. The second-order valence-electron chi connectivity index (χ2n) is 4.18. The van der Waals surface area contributed by atoms with E-state index in [0.29, 0.717) is 0 Å². The minimum atomic E-state index is -0.208. The molecule has 1 heterocycles. The predicted octanol–water partition coefficient (Wildman–Crippen LogP) is 3.83. The molecule has 17 heavy (non-hydrogen) atoms. The average Bonchev–Trinajstić information content (AvgIpc) is 2.83. The number of hydrogen-bond donors (Lipinski definition) is 1. The van der Waals surface area contributed by atoms with E-state index in [-0.39, 0.29) is 17.9 Å². The van der Waals surface area contributed by atoms with Gasteiger partial charge in [-0.25, -0.2) is 4.39 Å². The molecule has 0 saturated carbocycles. The van der Waals surface area contributed by atoms with Gasteiger partial charge in [-0.15, -0.1) is 0 Å². The molecule has 90 valence electrons. The minimum Gasteiger partial charge on any atom is -0.468 e. The third-order valence-corrected chi connectivity index (χ3v) is 2.84. The Labute approximate surface area is 100 Å². The number of nitrogens with one attached hydrogen (secondary N) is 1. The van der Waals surface area contributed by atoms with E-state index in [9.17, 15) is 4.39 Å². The summed E-state index contributed by atoms with van der Waals surface area (Å²) in [4.78, 5) is 0. The van der Waals surface area contributed by atoms with Gasteiger partial charge in [0, 0.05) is 6.04 Å². The average molecular weight is 233 g/mol. The molecular weight excluding hydrogens is 217 g/mol. The van der Waals surface area contributed by atoms with Crippen LogP contribution in [0.15, 0.2) is 47.1 Å². The van der Waals surface area contributed by atoms with Crippen LogP contribution in [0, 0.1) is 5.82 Å². The Hall–Kier alpha value is -1.61. The molecule has 0 spiro atoms. The third-order valence-electron chi connectivity index (χ3n) is 2.84. The highest BCUT2D eigenvalue weighted by Crippen LogP contribution is 2.19. The topological polar surface area (TPSA) is 25.2 Å². The van der Waals surface area contributed by atoms with Crippen LogP contribution in [0.2, 0.25) is 0 Å². The van der Waals surface area contributed by atoms with Crippen molar-refractivity contribution in [3.63, 3.8) is 0 Å². The van der Waals surface area contributed by atoms with Crippen LogP contribution in [-0.2, 0) is 0 Å². The Morgan fingerprint density at radius 1 is 1.06 bits per heavy atom. The molecule has 3 heteroatoms. The fourth-order valence-corrected chi connectivity index (χ4v) is 1.84. The molecule has 0 aliphatic rings. The second kappa shape index (κ2) is 5.15. The Morgan fingerprint density at radius 3 is 2.35 bits per heavy atom. The van der Waals surface area contributed by atoms with Crippen LogP contribution in [0.3, 0.4) is 0 Å². The number of rotatable bonds is 4. The van der Waals surface area contributed by atoms with Crippen molar-refractivity contribution in [2.75, 3.05) is 0 Å². The number of benzene rings is 1. The van der Waals surface area contributed by atoms with Crippen LogP contribution in [-0.4, -0.2) is 0 Å². The molecule has 2 rings (SSSR count). The van der Waals surface area contributed by atoms with Crippen LogP contribution >= 0.6 is 0 Å². The maximum Gasteiger partial charge on any atom is 0.123 e. The molecule has 0 fully saturated rings. The summed E-state index contributed by atoms with van der Waals surface area (Å²) >= 11 is 0. The molecule has 1 N–H and O–H groups in total. The molecule has 2 atom stereocenters. The molecule has 0 bridgehead atoms. The Bertz CT molecular complexity index is 450. The van der Waals surface area contributed by atoms with E-state index in [2.05, 4.69) is 5.32 Å². The summed E-state index contributed by atoms with van der Waals surface area (Å²) in [5, 5.41) is 3.40. The first-order chi connectivity index (χ1) is 8.16. The molecule has 0 radical (unpaired) electrons. The first kappa shape index (κ1) is 11.9. The maximum absolute atomic E-state index is 12.8. The van der Waals surface area contributed by atoms with Crippen molar-refractivity contribution in [2.45, 2.75) is 25.9 Å². The van der Waals surface area contributed by atoms with Crippen LogP contribution < -0.4 is 5.32 Å². The van der Waals surface area contributed by atoms with Gasteiger partial charge in [0.05, 0.1) is 12.3 Å². The van der Waals surface area contributed by atoms with Crippen LogP contribution in [0.25, 0.3) is 0 Å². The van der Waals surface area contributed by atoms with Gasteiger partial charge in [0.15, 0.2) is 0 Å². The fraction of sp³-hybridized carbons (Fsp3) is 0.286.